The first-order chi connectivity index (χ1) is 8.79. The van der Waals surface area contributed by atoms with E-state index in [9.17, 15) is 4.79 Å². The standard InChI is InChI=1S/C15H20N2O/c18-14-13(12-4-2-1-3-5-12)10-15(11-17-14)6-8-16-9-7-15/h1-5,13,16H,6-11H2,(H,17,18). The number of benzene rings is 1. The highest BCUT2D eigenvalue weighted by Crippen LogP contribution is 2.41. The number of hydrogen-bond acceptors (Lipinski definition) is 2. The lowest BCUT2D eigenvalue weighted by Crippen LogP contribution is -2.51. The van der Waals surface area contributed by atoms with Gasteiger partial charge >= 0.3 is 0 Å². The summed E-state index contributed by atoms with van der Waals surface area (Å²) in [5.41, 5.74) is 1.48. The first-order valence-electron chi connectivity index (χ1n) is 6.83. The topological polar surface area (TPSA) is 41.1 Å². The van der Waals surface area contributed by atoms with Crippen molar-refractivity contribution in [2.45, 2.75) is 25.2 Å². The third kappa shape index (κ3) is 2.15. The SMILES string of the molecule is O=C1NCC2(CCNCC2)CC1c1ccccc1. The molecule has 18 heavy (non-hydrogen) atoms. The fourth-order valence-electron chi connectivity index (χ4n) is 3.29. The maximum atomic E-state index is 12.1. The molecule has 1 amide bonds. The van der Waals surface area contributed by atoms with Gasteiger partial charge in [-0.15, -0.1) is 0 Å². The molecule has 1 spiro atoms. The van der Waals surface area contributed by atoms with Gasteiger partial charge in [0.25, 0.3) is 0 Å². The zero-order valence-corrected chi connectivity index (χ0v) is 10.6. The number of hydrogen-bond donors (Lipinski definition) is 2. The summed E-state index contributed by atoms with van der Waals surface area (Å²) in [4.78, 5) is 12.1. The van der Waals surface area contributed by atoms with Crippen molar-refractivity contribution < 1.29 is 4.79 Å². The fourth-order valence-corrected chi connectivity index (χ4v) is 3.29. The normalized spacial score (nSPS) is 26.9. The Morgan fingerprint density at radius 3 is 2.56 bits per heavy atom. The predicted octanol–water partition coefficient (Wildman–Crippen LogP) is 1.66. The Kier molecular flexibility index (Phi) is 3.08. The number of carbonyl (C=O) groups is 1. The van der Waals surface area contributed by atoms with Crippen molar-refractivity contribution in [1.82, 2.24) is 10.6 Å². The molecule has 2 N–H and O–H groups in total. The van der Waals surface area contributed by atoms with Gasteiger partial charge in [0.05, 0.1) is 5.92 Å². The second-order valence-corrected chi connectivity index (χ2v) is 5.64. The minimum Gasteiger partial charge on any atom is -0.355 e. The van der Waals surface area contributed by atoms with Gasteiger partial charge in [0, 0.05) is 6.54 Å². The van der Waals surface area contributed by atoms with Crippen LogP contribution in [0.5, 0.6) is 0 Å². The summed E-state index contributed by atoms with van der Waals surface area (Å²) in [5.74, 6) is 0.239. The van der Waals surface area contributed by atoms with Gasteiger partial charge in [-0.1, -0.05) is 30.3 Å². The van der Waals surface area contributed by atoms with Crippen molar-refractivity contribution in [3.63, 3.8) is 0 Å². The second kappa shape index (κ2) is 4.73. The Morgan fingerprint density at radius 2 is 1.83 bits per heavy atom. The highest BCUT2D eigenvalue weighted by atomic mass is 16.1. The van der Waals surface area contributed by atoms with Crippen molar-refractivity contribution in [2.24, 2.45) is 5.41 Å². The molecule has 0 bridgehead atoms. The molecule has 2 aliphatic rings. The Balaban J connectivity index is 1.83. The summed E-state index contributed by atoms with van der Waals surface area (Å²) < 4.78 is 0. The van der Waals surface area contributed by atoms with Gasteiger partial charge in [-0.2, -0.15) is 0 Å². The summed E-state index contributed by atoms with van der Waals surface area (Å²) in [5, 5.41) is 6.53. The monoisotopic (exact) mass is 244 g/mol. The number of nitrogens with one attached hydrogen (secondary N) is 2. The van der Waals surface area contributed by atoms with Crippen LogP contribution in [-0.2, 0) is 4.79 Å². The molecule has 2 aliphatic heterocycles. The fraction of sp³-hybridized carbons (Fsp3) is 0.533. The zero-order valence-electron chi connectivity index (χ0n) is 10.6. The summed E-state index contributed by atoms with van der Waals surface area (Å²) in [6, 6.07) is 10.2. The van der Waals surface area contributed by atoms with Gasteiger partial charge < -0.3 is 10.6 Å². The average Bonchev–Trinajstić information content (AvgIpc) is 2.44. The van der Waals surface area contributed by atoms with Crippen LogP contribution in [0.15, 0.2) is 30.3 Å². The molecule has 2 heterocycles. The highest BCUT2D eigenvalue weighted by Gasteiger charge is 2.41. The Hall–Kier alpha value is -1.35. The first kappa shape index (κ1) is 11.7. The van der Waals surface area contributed by atoms with E-state index in [0.29, 0.717) is 5.41 Å². The van der Waals surface area contributed by atoms with Gasteiger partial charge in [0.2, 0.25) is 5.91 Å². The average molecular weight is 244 g/mol. The Morgan fingerprint density at radius 1 is 1.11 bits per heavy atom. The van der Waals surface area contributed by atoms with E-state index < -0.39 is 0 Å². The number of rotatable bonds is 1. The lowest BCUT2D eigenvalue weighted by Gasteiger charge is -2.43. The Bertz CT molecular complexity index is 423. The van der Waals surface area contributed by atoms with E-state index in [1.54, 1.807) is 0 Å². The van der Waals surface area contributed by atoms with Crippen LogP contribution in [0.4, 0.5) is 0 Å². The molecule has 3 nitrogen and oxygen atoms in total. The van der Waals surface area contributed by atoms with Crippen LogP contribution in [-0.4, -0.2) is 25.5 Å². The molecule has 3 rings (SSSR count). The summed E-state index contributed by atoms with van der Waals surface area (Å²) in [6.07, 6.45) is 3.36. The predicted molar refractivity (Wildman–Crippen MR) is 71.3 cm³/mol. The lowest BCUT2D eigenvalue weighted by molar-refractivity contribution is -0.126. The van der Waals surface area contributed by atoms with Crippen LogP contribution in [0.3, 0.4) is 0 Å². The summed E-state index contributed by atoms with van der Waals surface area (Å²) >= 11 is 0. The Labute approximate surface area is 108 Å². The van der Waals surface area contributed by atoms with Crippen LogP contribution < -0.4 is 10.6 Å². The third-order valence-corrected chi connectivity index (χ3v) is 4.46. The molecule has 1 aromatic rings. The van der Waals surface area contributed by atoms with Crippen molar-refractivity contribution in [3.8, 4) is 0 Å². The van der Waals surface area contributed by atoms with E-state index in [1.807, 2.05) is 18.2 Å². The lowest BCUT2D eigenvalue weighted by atomic mass is 9.68. The van der Waals surface area contributed by atoms with E-state index in [4.69, 9.17) is 0 Å². The van der Waals surface area contributed by atoms with Crippen molar-refractivity contribution in [2.75, 3.05) is 19.6 Å². The molecule has 0 aliphatic carbocycles. The molecular formula is C15H20N2O. The molecule has 1 unspecified atom stereocenters. The van der Waals surface area contributed by atoms with Gasteiger partial charge in [0.1, 0.15) is 0 Å². The van der Waals surface area contributed by atoms with Crippen molar-refractivity contribution in [3.05, 3.63) is 35.9 Å². The molecule has 3 heteroatoms. The van der Waals surface area contributed by atoms with Gasteiger partial charge in [-0.3, -0.25) is 4.79 Å². The van der Waals surface area contributed by atoms with E-state index in [2.05, 4.69) is 22.8 Å². The molecule has 2 saturated heterocycles. The van der Waals surface area contributed by atoms with E-state index in [1.165, 1.54) is 12.8 Å². The molecule has 0 saturated carbocycles. The molecule has 96 valence electrons. The van der Waals surface area contributed by atoms with E-state index >= 15 is 0 Å². The minimum absolute atomic E-state index is 0.0399. The number of piperidine rings is 2. The number of amides is 1. The van der Waals surface area contributed by atoms with Crippen LogP contribution in [0.2, 0.25) is 0 Å². The van der Waals surface area contributed by atoms with Gasteiger partial charge in [-0.25, -0.2) is 0 Å². The van der Waals surface area contributed by atoms with Crippen LogP contribution in [0.1, 0.15) is 30.7 Å². The van der Waals surface area contributed by atoms with Crippen molar-refractivity contribution >= 4 is 5.91 Å². The molecule has 2 fully saturated rings. The van der Waals surface area contributed by atoms with Crippen LogP contribution >= 0.6 is 0 Å². The largest absolute Gasteiger partial charge is 0.355 e. The third-order valence-electron chi connectivity index (χ3n) is 4.46. The van der Waals surface area contributed by atoms with E-state index in [0.717, 1.165) is 31.6 Å². The summed E-state index contributed by atoms with van der Waals surface area (Å²) in [7, 11) is 0. The molecule has 1 atom stereocenters. The van der Waals surface area contributed by atoms with Crippen LogP contribution in [0, 0.1) is 5.41 Å². The van der Waals surface area contributed by atoms with E-state index in [-0.39, 0.29) is 11.8 Å². The maximum absolute atomic E-state index is 12.1. The molecule has 1 aromatic carbocycles. The molecular weight excluding hydrogens is 224 g/mol. The van der Waals surface area contributed by atoms with Gasteiger partial charge in [-0.05, 0) is 43.3 Å². The van der Waals surface area contributed by atoms with Crippen LogP contribution in [0.25, 0.3) is 0 Å². The van der Waals surface area contributed by atoms with Crippen molar-refractivity contribution in [1.29, 1.82) is 0 Å². The summed E-state index contributed by atoms with van der Waals surface area (Å²) in [6.45, 7) is 3.02. The second-order valence-electron chi connectivity index (χ2n) is 5.64. The maximum Gasteiger partial charge on any atom is 0.227 e. The highest BCUT2D eigenvalue weighted by molar-refractivity contribution is 5.84. The zero-order chi connectivity index (χ0) is 12.4. The number of carbonyl (C=O) groups excluding carboxylic acids is 1. The van der Waals surface area contributed by atoms with Gasteiger partial charge in [0.15, 0.2) is 0 Å². The minimum atomic E-state index is 0.0399. The molecule has 0 aromatic heterocycles. The smallest absolute Gasteiger partial charge is 0.227 e. The quantitative estimate of drug-likeness (QED) is 0.789. The molecule has 0 radical (unpaired) electrons. The first-order valence-corrected chi connectivity index (χ1v) is 6.83.